The molecule has 0 unspecified atom stereocenters. The maximum atomic E-state index is 11.4. The fourth-order valence-corrected chi connectivity index (χ4v) is 2.57. The van der Waals surface area contributed by atoms with Crippen molar-refractivity contribution in [2.24, 2.45) is 0 Å². The van der Waals surface area contributed by atoms with Crippen LogP contribution < -0.4 is 0 Å². The first-order valence-corrected chi connectivity index (χ1v) is 7.37. The van der Waals surface area contributed by atoms with Gasteiger partial charge >= 0.3 is 0 Å². The van der Waals surface area contributed by atoms with Gasteiger partial charge in [-0.2, -0.15) is 0 Å². The highest BCUT2D eigenvalue weighted by atomic mass is 32.2. The molecule has 0 atom stereocenters. The van der Waals surface area contributed by atoms with Gasteiger partial charge in [-0.05, 0) is 29.7 Å². The van der Waals surface area contributed by atoms with E-state index in [9.17, 15) is 13.2 Å². The minimum Gasteiger partial charge on any atom is -0.299 e. The molecule has 1 aliphatic rings. The number of allylic oxidation sites excluding steroid dienone is 2. The summed E-state index contributed by atoms with van der Waals surface area (Å²) in [5.74, 6) is 0.244. The van der Waals surface area contributed by atoms with Crippen LogP contribution in [0.15, 0.2) is 35.2 Å². The number of carbonyl (C=O) groups excluding carboxylic acids is 1. The first-order valence-electron chi connectivity index (χ1n) is 5.48. The molecule has 2 rings (SSSR count). The van der Waals surface area contributed by atoms with Crippen molar-refractivity contribution in [2.45, 2.75) is 24.2 Å². The lowest BCUT2D eigenvalue weighted by Gasteiger charge is -2.12. The molecular weight excluding hydrogens is 236 g/mol. The molecule has 90 valence electrons. The summed E-state index contributed by atoms with van der Waals surface area (Å²) < 4.78 is 22.9. The summed E-state index contributed by atoms with van der Waals surface area (Å²) >= 11 is 0. The fourth-order valence-electron chi connectivity index (χ4n) is 1.90. The van der Waals surface area contributed by atoms with E-state index in [0.29, 0.717) is 24.2 Å². The molecule has 0 radical (unpaired) electrons. The molecule has 0 aliphatic heterocycles. The molecule has 4 heteroatoms. The van der Waals surface area contributed by atoms with Gasteiger partial charge in [-0.15, -0.1) is 0 Å². The normalized spacial score (nSPS) is 16.8. The molecule has 1 aromatic carbocycles. The van der Waals surface area contributed by atoms with Crippen molar-refractivity contribution < 1.29 is 13.2 Å². The third-order valence-electron chi connectivity index (χ3n) is 2.88. The molecule has 1 aliphatic carbocycles. The Kier molecular flexibility index (Phi) is 3.15. The summed E-state index contributed by atoms with van der Waals surface area (Å²) in [4.78, 5) is 11.5. The minimum atomic E-state index is -3.17. The Morgan fingerprint density at radius 1 is 1.18 bits per heavy atom. The SMILES string of the molecule is CS(=O)(=O)c1cccc(C2=CCC(=O)CC2)c1. The first kappa shape index (κ1) is 12.0. The van der Waals surface area contributed by atoms with Crippen LogP contribution >= 0.6 is 0 Å². The molecule has 0 bridgehead atoms. The molecule has 0 aromatic heterocycles. The van der Waals surface area contributed by atoms with Gasteiger partial charge in [0.05, 0.1) is 4.90 Å². The Morgan fingerprint density at radius 3 is 2.53 bits per heavy atom. The summed E-state index contributed by atoms with van der Waals surface area (Å²) in [6, 6.07) is 6.89. The van der Waals surface area contributed by atoms with E-state index in [1.807, 2.05) is 12.1 Å². The van der Waals surface area contributed by atoms with Crippen molar-refractivity contribution in [1.29, 1.82) is 0 Å². The highest BCUT2D eigenvalue weighted by Crippen LogP contribution is 2.26. The molecule has 0 saturated heterocycles. The van der Waals surface area contributed by atoms with Crippen LogP contribution in [-0.4, -0.2) is 20.5 Å². The van der Waals surface area contributed by atoms with E-state index in [1.165, 1.54) is 6.26 Å². The molecule has 0 spiro atoms. The number of carbonyl (C=O) groups is 1. The van der Waals surface area contributed by atoms with Gasteiger partial charge in [0.2, 0.25) is 0 Å². The van der Waals surface area contributed by atoms with Gasteiger partial charge < -0.3 is 0 Å². The Morgan fingerprint density at radius 2 is 1.94 bits per heavy atom. The summed E-state index contributed by atoms with van der Waals surface area (Å²) in [5.41, 5.74) is 1.97. The van der Waals surface area contributed by atoms with Crippen molar-refractivity contribution >= 4 is 21.2 Å². The average Bonchev–Trinajstić information content (AvgIpc) is 2.29. The van der Waals surface area contributed by atoms with Gasteiger partial charge in [0.15, 0.2) is 9.84 Å². The highest BCUT2D eigenvalue weighted by Gasteiger charge is 2.13. The lowest BCUT2D eigenvalue weighted by Crippen LogP contribution is -2.04. The standard InChI is InChI=1S/C13H14O3S/c1-17(15,16)13-4-2-3-11(9-13)10-5-7-12(14)8-6-10/h2-5,9H,6-8H2,1H3. The van der Waals surface area contributed by atoms with Gasteiger partial charge in [-0.25, -0.2) is 8.42 Å². The Balaban J connectivity index is 2.38. The van der Waals surface area contributed by atoms with E-state index in [2.05, 4.69) is 0 Å². The van der Waals surface area contributed by atoms with E-state index >= 15 is 0 Å². The maximum absolute atomic E-state index is 11.4. The zero-order valence-electron chi connectivity index (χ0n) is 9.64. The predicted molar refractivity (Wildman–Crippen MR) is 66.4 cm³/mol. The second-order valence-electron chi connectivity index (χ2n) is 4.27. The predicted octanol–water partition coefficient (Wildman–Crippen LogP) is 2.23. The van der Waals surface area contributed by atoms with E-state index in [1.54, 1.807) is 18.2 Å². The lowest BCUT2D eigenvalue weighted by molar-refractivity contribution is -0.118. The molecule has 0 fully saturated rings. The number of hydrogen-bond acceptors (Lipinski definition) is 3. The second-order valence-corrected chi connectivity index (χ2v) is 6.29. The smallest absolute Gasteiger partial charge is 0.175 e. The third-order valence-corrected chi connectivity index (χ3v) is 3.99. The molecule has 17 heavy (non-hydrogen) atoms. The van der Waals surface area contributed by atoms with Gasteiger partial charge in [0, 0.05) is 19.1 Å². The van der Waals surface area contributed by atoms with Crippen LogP contribution in [-0.2, 0) is 14.6 Å². The Hall–Kier alpha value is -1.42. The number of hydrogen-bond donors (Lipinski definition) is 0. The molecule has 0 heterocycles. The number of rotatable bonds is 2. The van der Waals surface area contributed by atoms with Crippen molar-refractivity contribution in [3.63, 3.8) is 0 Å². The first-order chi connectivity index (χ1) is 7.97. The summed E-state index contributed by atoms with van der Waals surface area (Å²) in [6.45, 7) is 0. The fraction of sp³-hybridized carbons (Fsp3) is 0.308. The van der Waals surface area contributed by atoms with Crippen LogP contribution in [0.5, 0.6) is 0 Å². The van der Waals surface area contributed by atoms with Crippen LogP contribution in [0.25, 0.3) is 5.57 Å². The highest BCUT2D eigenvalue weighted by molar-refractivity contribution is 7.90. The van der Waals surface area contributed by atoms with Gasteiger partial charge in [0.25, 0.3) is 0 Å². The quantitative estimate of drug-likeness (QED) is 0.808. The summed E-state index contributed by atoms with van der Waals surface area (Å²) in [5, 5.41) is 0. The van der Waals surface area contributed by atoms with Crippen LogP contribution in [0.4, 0.5) is 0 Å². The number of benzene rings is 1. The molecule has 0 N–H and O–H groups in total. The van der Waals surface area contributed by atoms with E-state index < -0.39 is 9.84 Å². The second kappa shape index (κ2) is 4.45. The van der Waals surface area contributed by atoms with Crippen LogP contribution in [0, 0.1) is 0 Å². The zero-order valence-corrected chi connectivity index (χ0v) is 10.5. The molecular formula is C13H14O3S. The lowest BCUT2D eigenvalue weighted by atomic mass is 9.93. The Labute approximate surface area is 101 Å². The molecule has 0 saturated carbocycles. The summed E-state index contributed by atoms with van der Waals surface area (Å²) in [7, 11) is -3.17. The van der Waals surface area contributed by atoms with Crippen LogP contribution in [0.1, 0.15) is 24.8 Å². The minimum absolute atomic E-state index is 0.244. The van der Waals surface area contributed by atoms with E-state index in [-0.39, 0.29) is 5.78 Å². The summed E-state index contributed by atoms with van der Waals surface area (Å²) in [6.07, 6.45) is 4.80. The van der Waals surface area contributed by atoms with Crippen LogP contribution in [0.2, 0.25) is 0 Å². The van der Waals surface area contributed by atoms with E-state index in [4.69, 9.17) is 0 Å². The van der Waals surface area contributed by atoms with Gasteiger partial charge in [0.1, 0.15) is 5.78 Å². The van der Waals surface area contributed by atoms with Crippen molar-refractivity contribution in [3.8, 4) is 0 Å². The van der Waals surface area contributed by atoms with Crippen molar-refractivity contribution in [3.05, 3.63) is 35.9 Å². The zero-order chi connectivity index (χ0) is 12.5. The van der Waals surface area contributed by atoms with Gasteiger partial charge in [-0.1, -0.05) is 18.2 Å². The molecule has 1 aromatic rings. The Bertz CT molecular complexity index is 582. The topological polar surface area (TPSA) is 51.2 Å². The van der Waals surface area contributed by atoms with Crippen molar-refractivity contribution in [2.75, 3.05) is 6.26 Å². The molecule has 0 amide bonds. The number of sulfone groups is 1. The van der Waals surface area contributed by atoms with Crippen LogP contribution in [0.3, 0.4) is 0 Å². The number of Topliss-reactive ketones (excluding diaryl/α,β-unsaturated/α-hetero) is 1. The largest absolute Gasteiger partial charge is 0.299 e. The maximum Gasteiger partial charge on any atom is 0.175 e. The van der Waals surface area contributed by atoms with Crippen molar-refractivity contribution in [1.82, 2.24) is 0 Å². The monoisotopic (exact) mass is 250 g/mol. The van der Waals surface area contributed by atoms with E-state index in [0.717, 1.165) is 11.1 Å². The third kappa shape index (κ3) is 2.82. The molecule has 3 nitrogen and oxygen atoms in total. The number of ketones is 1. The average molecular weight is 250 g/mol. The van der Waals surface area contributed by atoms with Gasteiger partial charge in [-0.3, -0.25) is 4.79 Å².